The number of carbonyl (C=O) groups excluding carboxylic acids is 4. The van der Waals surface area contributed by atoms with Crippen LogP contribution in [0.2, 0.25) is 0 Å². The van der Waals surface area contributed by atoms with Gasteiger partial charge in [0.05, 0.1) is 5.57 Å². The first-order chi connectivity index (χ1) is 11.0. The van der Waals surface area contributed by atoms with Gasteiger partial charge in [0.1, 0.15) is 6.04 Å². The van der Waals surface area contributed by atoms with Crippen LogP contribution in [0.4, 0.5) is 0 Å². The second-order valence-electron chi connectivity index (χ2n) is 4.24. The summed E-state index contributed by atoms with van der Waals surface area (Å²) in [6.45, 7) is 15.0. The number of nitrogens with one attached hydrogen (secondary N) is 1. The molecule has 26 heavy (non-hydrogen) atoms. The van der Waals surface area contributed by atoms with E-state index in [-0.39, 0.29) is 90.2 Å². The van der Waals surface area contributed by atoms with Gasteiger partial charge in [0.2, 0.25) is 11.8 Å². The van der Waals surface area contributed by atoms with Gasteiger partial charge in [0, 0.05) is 12.0 Å². The summed E-state index contributed by atoms with van der Waals surface area (Å²) < 4.78 is 0. The first-order valence-corrected chi connectivity index (χ1v) is 7.71. The standard InChI is InChI=1S/C13H12N2O4.2C2H6.2CH3.K/c1-3-4-8-7(2)12(18)15(13(8)19)9-5-6-10(16)14-11(9)17;2*1-2;;;/h3-4,9H,1-2,5-6H2,(H,14,16,17);2*1-2H3;2*1H3;/q;;;2*-1;+1/b8-4+;;;;;. The number of likely N-dealkylation sites (tertiary alicyclic amines) is 1. The van der Waals surface area contributed by atoms with Gasteiger partial charge < -0.3 is 14.9 Å². The molecule has 0 aliphatic carbocycles. The minimum atomic E-state index is -0.954. The van der Waals surface area contributed by atoms with Gasteiger partial charge in [-0.25, -0.2) is 0 Å². The molecule has 2 fully saturated rings. The molecule has 7 heteroatoms. The molecule has 1 N–H and O–H groups in total. The van der Waals surface area contributed by atoms with Crippen molar-refractivity contribution in [3.63, 3.8) is 0 Å². The van der Waals surface area contributed by atoms with E-state index < -0.39 is 29.7 Å². The smallest absolute Gasteiger partial charge is 0.358 e. The van der Waals surface area contributed by atoms with E-state index in [0.717, 1.165) is 4.90 Å². The minimum Gasteiger partial charge on any atom is -0.358 e. The minimum absolute atomic E-state index is 0. The molecule has 4 amide bonds. The molecule has 0 aromatic heterocycles. The molecule has 2 saturated heterocycles. The summed E-state index contributed by atoms with van der Waals surface area (Å²) in [5.74, 6) is -2.22. The van der Waals surface area contributed by atoms with Crippen molar-refractivity contribution in [3.05, 3.63) is 51.3 Å². The Balaban J connectivity index is -0.000000323. The number of imide groups is 2. The summed E-state index contributed by atoms with van der Waals surface area (Å²) in [4.78, 5) is 47.7. The maximum atomic E-state index is 12.1. The average molecular weight is 390 g/mol. The zero-order chi connectivity index (χ0) is 18.2. The molecule has 1 atom stereocenters. The molecular formula is C19H30KN2O4-. The van der Waals surface area contributed by atoms with Crippen molar-refractivity contribution in [2.24, 2.45) is 0 Å². The number of carbonyl (C=O) groups is 4. The summed E-state index contributed by atoms with van der Waals surface area (Å²) in [6.07, 6.45) is 2.99. The van der Waals surface area contributed by atoms with Crippen LogP contribution in [0.5, 0.6) is 0 Å². The third kappa shape index (κ3) is 7.40. The summed E-state index contributed by atoms with van der Waals surface area (Å²) in [5.41, 5.74) is 0.166. The van der Waals surface area contributed by atoms with Gasteiger partial charge in [-0.05, 0) is 12.5 Å². The fraction of sp³-hybridized carbons (Fsp3) is 0.368. The predicted molar refractivity (Wildman–Crippen MR) is 101 cm³/mol. The molecular weight excluding hydrogens is 359 g/mol. The van der Waals surface area contributed by atoms with E-state index in [9.17, 15) is 19.2 Å². The van der Waals surface area contributed by atoms with Crippen molar-refractivity contribution >= 4 is 23.6 Å². The van der Waals surface area contributed by atoms with Crippen molar-refractivity contribution in [3.8, 4) is 0 Å². The molecule has 142 valence electrons. The number of nitrogens with zero attached hydrogens (tertiary/aromatic N) is 1. The van der Waals surface area contributed by atoms with Gasteiger partial charge in [-0.15, -0.1) is 0 Å². The van der Waals surface area contributed by atoms with Gasteiger partial charge in [-0.2, -0.15) is 0 Å². The number of piperidine rings is 1. The van der Waals surface area contributed by atoms with Crippen LogP contribution in [0.25, 0.3) is 0 Å². The van der Waals surface area contributed by atoms with Crippen LogP contribution in [-0.2, 0) is 19.2 Å². The van der Waals surface area contributed by atoms with E-state index in [2.05, 4.69) is 18.5 Å². The molecule has 2 aliphatic rings. The third-order valence-corrected chi connectivity index (χ3v) is 3.06. The van der Waals surface area contributed by atoms with E-state index in [1.54, 1.807) is 0 Å². The fourth-order valence-corrected chi connectivity index (χ4v) is 2.11. The van der Waals surface area contributed by atoms with E-state index >= 15 is 0 Å². The first-order valence-electron chi connectivity index (χ1n) is 7.71. The fourth-order valence-electron chi connectivity index (χ4n) is 2.11. The van der Waals surface area contributed by atoms with Gasteiger partial charge >= 0.3 is 51.4 Å². The van der Waals surface area contributed by atoms with Gasteiger partial charge in [-0.3, -0.25) is 29.4 Å². The average Bonchev–Trinajstić information content (AvgIpc) is 2.76. The normalized spacial score (nSPS) is 19.5. The van der Waals surface area contributed by atoms with E-state index in [0.29, 0.717) is 0 Å². The number of allylic oxidation sites excluding steroid dienone is 2. The Morgan fingerprint density at radius 1 is 1.04 bits per heavy atom. The molecule has 6 nitrogen and oxygen atoms in total. The Kier molecular flexibility index (Phi) is 20.6. The number of hydrogen-bond donors (Lipinski definition) is 1. The van der Waals surface area contributed by atoms with Crippen LogP contribution >= 0.6 is 0 Å². The van der Waals surface area contributed by atoms with E-state index in [1.165, 1.54) is 12.2 Å². The van der Waals surface area contributed by atoms with Crippen molar-refractivity contribution in [1.29, 1.82) is 0 Å². The second kappa shape index (κ2) is 16.3. The molecule has 0 aromatic carbocycles. The summed E-state index contributed by atoms with van der Waals surface area (Å²) in [6, 6.07) is -0.954. The van der Waals surface area contributed by atoms with Crippen molar-refractivity contribution in [1.82, 2.24) is 10.2 Å². The molecule has 0 bridgehead atoms. The van der Waals surface area contributed by atoms with Crippen LogP contribution in [0.1, 0.15) is 40.5 Å². The van der Waals surface area contributed by atoms with Crippen LogP contribution < -0.4 is 56.7 Å². The zero-order valence-electron chi connectivity index (χ0n) is 17.1. The van der Waals surface area contributed by atoms with Crippen LogP contribution in [0.3, 0.4) is 0 Å². The van der Waals surface area contributed by atoms with Crippen LogP contribution in [0.15, 0.2) is 36.5 Å². The van der Waals surface area contributed by atoms with Gasteiger partial charge in [0.25, 0.3) is 11.8 Å². The van der Waals surface area contributed by atoms with Gasteiger partial charge in [0.15, 0.2) is 0 Å². The largest absolute Gasteiger partial charge is 1.00 e. The van der Waals surface area contributed by atoms with Crippen LogP contribution in [-0.4, -0.2) is 34.6 Å². The van der Waals surface area contributed by atoms with Crippen molar-refractivity contribution < 1.29 is 70.6 Å². The quantitative estimate of drug-likeness (QED) is 0.306. The zero-order valence-corrected chi connectivity index (χ0v) is 20.3. The maximum absolute atomic E-state index is 12.1. The Bertz CT molecular complexity index is 568. The molecule has 0 saturated carbocycles. The van der Waals surface area contributed by atoms with E-state index in [4.69, 9.17) is 0 Å². The first kappa shape index (κ1) is 32.8. The molecule has 0 aromatic rings. The molecule has 0 radical (unpaired) electrons. The number of hydrogen-bond acceptors (Lipinski definition) is 4. The van der Waals surface area contributed by atoms with E-state index in [1.807, 2.05) is 27.7 Å². The molecule has 2 rings (SSSR count). The maximum Gasteiger partial charge on any atom is 1.00 e. The number of rotatable bonds is 2. The Labute approximate surface area is 200 Å². The molecule has 0 spiro atoms. The summed E-state index contributed by atoms with van der Waals surface area (Å²) in [5, 5.41) is 2.12. The summed E-state index contributed by atoms with van der Waals surface area (Å²) >= 11 is 0. The van der Waals surface area contributed by atoms with Gasteiger partial charge in [-0.1, -0.05) is 46.9 Å². The molecule has 2 aliphatic heterocycles. The summed E-state index contributed by atoms with van der Waals surface area (Å²) in [7, 11) is 0. The Morgan fingerprint density at radius 3 is 1.96 bits per heavy atom. The molecule has 2 heterocycles. The Morgan fingerprint density at radius 2 is 1.54 bits per heavy atom. The third-order valence-electron chi connectivity index (χ3n) is 3.06. The van der Waals surface area contributed by atoms with Crippen LogP contribution in [0, 0.1) is 14.9 Å². The SMILES string of the molecule is C=C/C=C1\C(=C)C(=O)N(C2CCC(=O)NC2=O)C1=O.CC.CC.[CH3-].[CH3-].[K+]. The second-order valence-corrected chi connectivity index (χ2v) is 4.24. The number of amides is 4. The Hall–Kier alpha value is -0.864. The topological polar surface area (TPSA) is 83.6 Å². The van der Waals surface area contributed by atoms with Crippen molar-refractivity contribution in [2.75, 3.05) is 0 Å². The monoisotopic (exact) mass is 389 g/mol. The predicted octanol–water partition coefficient (Wildman–Crippen LogP) is -0.214. The van der Waals surface area contributed by atoms with Crippen molar-refractivity contribution in [2.45, 2.75) is 46.6 Å². The molecule has 1 unspecified atom stereocenters.